The Hall–Kier alpha value is -3.75. The zero-order valence-electron chi connectivity index (χ0n) is 19.3. The number of para-hydroxylation sites is 2. The highest BCUT2D eigenvalue weighted by atomic mass is 16.5. The molecule has 1 spiro atoms. The average Bonchev–Trinajstić information content (AvgIpc) is 3.52. The van der Waals surface area contributed by atoms with Gasteiger partial charge in [-0.3, -0.25) is 9.59 Å². The first-order valence-corrected chi connectivity index (χ1v) is 11.4. The summed E-state index contributed by atoms with van der Waals surface area (Å²) in [6.45, 7) is 2.57. The van der Waals surface area contributed by atoms with Crippen molar-refractivity contribution in [1.29, 1.82) is 0 Å². The van der Waals surface area contributed by atoms with Crippen LogP contribution in [0, 0.1) is 5.41 Å². The second kappa shape index (κ2) is 10.5. The van der Waals surface area contributed by atoms with Gasteiger partial charge in [-0.25, -0.2) is 4.79 Å². The molecule has 2 saturated heterocycles. The van der Waals surface area contributed by atoms with Gasteiger partial charge in [-0.2, -0.15) is 0 Å². The standard InChI is InChI=1S/C25H30N4O5/c1-33-21-7-3-2-6-20(21)27-24(32)28-13-10-25(11-14-28)12-15-29(18-25)23(31)17-26-22(30)9-8-19-5-4-16-34-19/h2-9,16H,10-15,17-18H2,1H3,(H,26,30)(H,27,32)/b9-8-. The predicted octanol–water partition coefficient (Wildman–Crippen LogP) is 2.96. The molecular formula is C25H30N4O5. The fourth-order valence-corrected chi connectivity index (χ4v) is 4.56. The number of anilines is 1. The summed E-state index contributed by atoms with van der Waals surface area (Å²) in [5.41, 5.74) is 0.675. The van der Waals surface area contributed by atoms with Gasteiger partial charge in [-0.05, 0) is 55.0 Å². The third-order valence-corrected chi connectivity index (χ3v) is 6.61. The molecule has 9 heteroatoms. The van der Waals surface area contributed by atoms with Crippen molar-refractivity contribution >= 4 is 29.6 Å². The lowest BCUT2D eigenvalue weighted by atomic mass is 9.78. The van der Waals surface area contributed by atoms with Crippen LogP contribution in [0.3, 0.4) is 0 Å². The molecule has 180 valence electrons. The van der Waals surface area contributed by atoms with Crippen molar-refractivity contribution in [3.05, 3.63) is 54.5 Å². The number of ether oxygens (including phenoxy) is 1. The molecule has 0 bridgehead atoms. The lowest BCUT2D eigenvalue weighted by molar-refractivity contribution is -0.131. The number of hydrogen-bond acceptors (Lipinski definition) is 5. The van der Waals surface area contributed by atoms with Gasteiger partial charge in [-0.1, -0.05) is 12.1 Å². The second-order valence-electron chi connectivity index (χ2n) is 8.75. The van der Waals surface area contributed by atoms with Gasteiger partial charge in [0.05, 0.1) is 25.6 Å². The van der Waals surface area contributed by atoms with Crippen molar-refractivity contribution in [3.8, 4) is 5.75 Å². The van der Waals surface area contributed by atoms with Gasteiger partial charge in [0.1, 0.15) is 11.5 Å². The van der Waals surface area contributed by atoms with Crippen LogP contribution in [-0.4, -0.2) is 67.5 Å². The van der Waals surface area contributed by atoms with E-state index >= 15 is 0 Å². The molecule has 4 amide bonds. The fourth-order valence-electron chi connectivity index (χ4n) is 4.56. The lowest BCUT2D eigenvalue weighted by Crippen LogP contribution is -2.46. The summed E-state index contributed by atoms with van der Waals surface area (Å²) in [7, 11) is 1.58. The van der Waals surface area contributed by atoms with Gasteiger partial charge >= 0.3 is 6.03 Å². The first-order chi connectivity index (χ1) is 16.5. The third kappa shape index (κ3) is 5.59. The maximum atomic E-state index is 12.7. The van der Waals surface area contributed by atoms with Gasteiger partial charge in [0.25, 0.3) is 0 Å². The van der Waals surface area contributed by atoms with Crippen LogP contribution in [0.15, 0.2) is 53.2 Å². The Bertz CT molecular complexity index is 1040. The molecule has 9 nitrogen and oxygen atoms in total. The van der Waals surface area contributed by atoms with Gasteiger partial charge in [-0.15, -0.1) is 0 Å². The number of nitrogens with zero attached hydrogens (tertiary/aromatic N) is 2. The van der Waals surface area contributed by atoms with E-state index in [0.29, 0.717) is 43.4 Å². The molecule has 2 aliphatic heterocycles. The number of methoxy groups -OCH3 is 1. The van der Waals surface area contributed by atoms with E-state index in [-0.39, 0.29) is 29.8 Å². The van der Waals surface area contributed by atoms with Crippen LogP contribution in [-0.2, 0) is 9.59 Å². The maximum Gasteiger partial charge on any atom is 0.321 e. The summed E-state index contributed by atoms with van der Waals surface area (Å²) in [6, 6.07) is 10.7. The number of benzene rings is 1. The molecule has 2 aromatic rings. The van der Waals surface area contributed by atoms with Gasteiger partial charge in [0.2, 0.25) is 11.8 Å². The molecule has 1 aromatic heterocycles. The van der Waals surface area contributed by atoms with E-state index in [9.17, 15) is 14.4 Å². The predicted molar refractivity (Wildman–Crippen MR) is 127 cm³/mol. The van der Waals surface area contributed by atoms with Crippen molar-refractivity contribution < 1.29 is 23.5 Å². The number of urea groups is 1. The van der Waals surface area contributed by atoms with Crippen LogP contribution in [0.2, 0.25) is 0 Å². The van der Waals surface area contributed by atoms with Crippen molar-refractivity contribution in [3.63, 3.8) is 0 Å². The van der Waals surface area contributed by atoms with Gasteiger partial charge in [0, 0.05) is 32.3 Å². The highest BCUT2D eigenvalue weighted by molar-refractivity contribution is 5.94. The summed E-state index contributed by atoms with van der Waals surface area (Å²) in [6.07, 6.45) is 7.03. The number of carbonyl (C=O) groups is 3. The zero-order chi connectivity index (χ0) is 24.0. The third-order valence-electron chi connectivity index (χ3n) is 6.61. The van der Waals surface area contributed by atoms with E-state index in [1.807, 2.05) is 34.1 Å². The van der Waals surface area contributed by atoms with Crippen LogP contribution in [0.5, 0.6) is 5.75 Å². The van der Waals surface area contributed by atoms with Crippen LogP contribution in [0.25, 0.3) is 6.08 Å². The minimum atomic E-state index is -0.340. The molecule has 0 atom stereocenters. The Kier molecular flexibility index (Phi) is 7.20. The van der Waals surface area contributed by atoms with E-state index in [1.54, 1.807) is 25.3 Å². The maximum absolute atomic E-state index is 12.7. The SMILES string of the molecule is COc1ccccc1NC(=O)N1CCC2(CCN(C(=O)CNC(=O)/C=C\c3ccco3)C2)CC1. The van der Waals surface area contributed by atoms with E-state index in [4.69, 9.17) is 9.15 Å². The first-order valence-electron chi connectivity index (χ1n) is 11.4. The number of nitrogens with one attached hydrogen (secondary N) is 2. The molecule has 34 heavy (non-hydrogen) atoms. The summed E-state index contributed by atoms with van der Waals surface area (Å²) in [5, 5.41) is 5.57. The van der Waals surface area contributed by atoms with Crippen molar-refractivity contribution in [2.45, 2.75) is 19.3 Å². The van der Waals surface area contributed by atoms with Crippen molar-refractivity contribution in [2.24, 2.45) is 5.41 Å². The number of amides is 4. The van der Waals surface area contributed by atoms with E-state index in [1.165, 1.54) is 12.3 Å². The molecule has 3 heterocycles. The molecule has 0 radical (unpaired) electrons. The van der Waals surface area contributed by atoms with Gasteiger partial charge in [0.15, 0.2) is 0 Å². The number of carbonyl (C=O) groups excluding carboxylic acids is 3. The summed E-state index contributed by atoms with van der Waals surface area (Å²) >= 11 is 0. The largest absolute Gasteiger partial charge is 0.495 e. The quantitative estimate of drug-likeness (QED) is 0.637. The average molecular weight is 467 g/mol. The monoisotopic (exact) mass is 466 g/mol. The number of hydrogen-bond donors (Lipinski definition) is 2. The molecule has 2 fully saturated rings. The van der Waals surface area contributed by atoms with Crippen molar-refractivity contribution in [1.82, 2.24) is 15.1 Å². The highest BCUT2D eigenvalue weighted by Gasteiger charge is 2.42. The summed E-state index contributed by atoms with van der Waals surface area (Å²) in [4.78, 5) is 41.0. The van der Waals surface area contributed by atoms with E-state index < -0.39 is 0 Å². The summed E-state index contributed by atoms with van der Waals surface area (Å²) in [5.74, 6) is 0.768. The van der Waals surface area contributed by atoms with E-state index in [2.05, 4.69) is 10.6 Å². The van der Waals surface area contributed by atoms with Crippen LogP contribution in [0.4, 0.5) is 10.5 Å². The first kappa shape index (κ1) is 23.4. The summed E-state index contributed by atoms with van der Waals surface area (Å²) < 4.78 is 10.4. The zero-order valence-corrected chi connectivity index (χ0v) is 19.3. The molecule has 0 aliphatic carbocycles. The molecule has 0 saturated carbocycles. The Morgan fingerprint density at radius 3 is 2.50 bits per heavy atom. The number of piperidine rings is 1. The smallest absolute Gasteiger partial charge is 0.321 e. The Morgan fingerprint density at radius 2 is 1.79 bits per heavy atom. The van der Waals surface area contributed by atoms with E-state index in [0.717, 1.165) is 19.3 Å². The topological polar surface area (TPSA) is 104 Å². The van der Waals surface area contributed by atoms with Crippen LogP contribution in [0.1, 0.15) is 25.0 Å². The lowest BCUT2D eigenvalue weighted by Gasteiger charge is -2.39. The molecule has 4 rings (SSSR count). The Balaban J connectivity index is 1.22. The minimum Gasteiger partial charge on any atom is -0.495 e. The Morgan fingerprint density at radius 1 is 1.06 bits per heavy atom. The van der Waals surface area contributed by atoms with Crippen LogP contribution < -0.4 is 15.4 Å². The fraction of sp³-hybridized carbons (Fsp3) is 0.400. The number of rotatable bonds is 6. The molecule has 1 aromatic carbocycles. The molecule has 2 aliphatic rings. The van der Waals surface area contributed by atoms with Crippen molar-refractivity contribution in [2.75, 3.05) is 45.2 Å². The highest BCUT2D eigenvalue weighted by Crippen LogP contribution is 2.40. The number of likely N-dealkylation sites (tertiary alicyclic amines) is 2. The number of furan rings is 1. The molecule has 2 N–H and O–H groups in total. The minimum absolute atomic E-state index is 0.0279. The van der Waals surface area contributed by atoms with Crippen LogP contribution >= 0.6 is 0 Å². The Labute approximate surface area is 198 Å². The van der Waals surface area contributed by atoms with Gasteiger partial charge < -0.3 is 29.6 Å². The normalized spacial score (nSPS) is 17.2. The molecular weight excluding hydrogens is 436 g/mol. The second-order valence-corrected chi connectivity index (χ2v) is 8.75. The molecule has 0 unspecified atom stereocenters.